The molecule has 21 heavy (non-hydrogen) atoms. The molecular formula is C17H19F2NO. The second kappa shape index (κ2) is 6.22. The molecule has 1 atom stereocenters. The number of aliphatic hydroxyl groups excluding tert-OH is 1. The first-order valence-electron chi connectivity index (χ1n) is 6.80. The average Bonchev–Trinajstić information content (AvgIpc) is 2.40. The molecule has 0 fully saturated rings. The molecule has 0 heterocycles. The molecule has 0 aromatic heterocycles. The van der Waals surface area contributed by atoms with E-state index < -0.39 is 17.7 Å². The second-order valence-electron chi connectivity index (χ2n) is 5.39. The molecule has 1 unspecified atom stereocenters. The number of likely N-dealkylation sites (N-methyl/N-ethyl adjacent to an activating group) is 1. The summed E-state index contributed by atoms with van der Waals surface area (Å²) in [6.45, 7) is 4.17. The molecule has 0 amide bonds. The zero-order valence-electron chi connectivity index (χ0n) is 12.4. The average molecular weight is 291 g/mol. The lowest BCUT2D eigenvalue weighted by molar-refractivity contribution is 0.179. The second-order valence-corrected chi connectivity index (χ2v) is 5.39. The fraction of sp³-hybridized carbons (Fsp3) is 0.294. The van der Waals surface area contributed by atoms with E-state index in [-0.39, 0.29) is 12.1 Å². The van der Waals surface area contributed by atoms with E-state index in [1.54, 1.807) is 0 Å². The maximum atomic E-state index is 13.7. The van der Waals surface area contributed by atoms with Crippen molar-refractivity contribution < 1.29 is 13.9 Å². The first kappa shape index (κ1) is 15.4. The summed E-state index contributed by atoms with van der Waals surface area (Å²) in [6, 6.07) is 9.87. The molecule has 2 aromatic carbocycles. The zero-order chi connectivity index (χ0) is 15.6. The van der Waals surface area contributed by atoms with Crippen molar-refractivity contribution in [3.63, 3.8) is 0 Å². The summed E-state index contributed by atoms with van der Waals surface area (Å²) in [5, 5.41) is 10.1. The fourth-order valence-electron chi connectivity index (χ4n) is 2.41. The molecule has 0 radical (unpaired) electrons. The molecule has 4 heteroatoms. The van der Waals surface area contributed by atoms with Crippen molar-refractivity contribution in [2.45, 2.75) is 20.0 Å². The van der Waals surface area contributed by atoms with Gasteiger partial charge < -0.3 is 10.0 Å². The summed E-state index contributed by atoms with van der Waals surface area (Å²) in [7, 11) is 1.81. The van der Waals surface area contributed by atoms with Crippen LogP contribution in [0.4, 0.5) is 14.5 Å². The van der Waals surface area contributed by atoms with Gasteiger partial charge in [-0.3, -0.25) is 0 Å². The third-order valence-electron chi connectivity index (χ3n) is 3.43. The number of hydrogen-bond donors (Lipinski definition) is 1. The monoisotopic (exact) mass is 291 g/mol. The largest absolute Gasteiger partial charge is 0.386 e. The number of rotatable bonds is 4. The number of benzene rings is 2. The van der Waals surface area contributed by atoms with Gasteiger partial charge in [0, 0.05) is 24.8 Å². The van der Waals surface area contributed by atoms with Gasteiger partial charge in [-0.15, -0.1) is 0 Å². The van der Waals surface area contributed by atoms with E-state index in [1.165, 1.54) is 12.1 Å². The molecule has 0 saturated carbocycles. The van der Waals surface area contributed by atoms with Crippen LogP contribution in [0.15, 0.2) is 36.4 Å². The summed E-state index contributed by atoms with van der Waals surface area (Å²) < 4.78 is 26.9. The summed E-state index contributed by atoms with van der Waals surface area (Å²) in [5.74, 6) is -1.93. The van der Waals surface area contributed by atoms with Gasteiger partial charge in [0.1, 0.15) is 0 Å². The van der Waals surface area contributed by atoms with Crippen LogP contribution in [0.1, 0.15) is 22.8 Å². The molecule has 2 nitrogen and oxygen atoms in total. The minimum Gasteiger partial charge on any atom is -0.386 e. The SMILES string of the molecule is Cc1cc(C)cc(N(C)CC(O)c2cccc(F)c2F)c1. The predicted octanol–water partition coefficient (Wildman–Crippen LogP) is 3.75. The van der Waals surface area contributed by atoms with Gasteiger partial charge in [0.2, 0.25) is 0 Å². The van der Waals surface area contributed by atoms with Crippen LogP contribution in [0.2, 0.25) is 0 Å². The Morgan fingerprint density at radius 1 is 1.10 bits per heavy atom. The van der Waals surface area contributed by atoms with Crippen molar-refractivity contribution in [1.82, 2.24) is 0 Å². The van der Waals surface area contributed by atoms with E-state index in [4.69, 9.17) is 0 Å². The highest BCUT2D eigenvalue weighted by Gasteiger charge is 2.17. The molecule has 0 bridgehead atoms. The number of aliphatic hydroxyl groups is 1. The van der Waals surface area contributed by atoms with Crippen LogP contribution in [-0.2, 0) is 0 Å². The van der Waals surface area contributed by atoms with Crippen LogP contribution >= 0.6 is 0 Å². The molecule has 1 N–H and O–H groups in total. The number of anilines is 1. The minimum absolute atomic E-state index is 0.0220. The molecule has 0 spiro atoms. The van der Waals surface area contributed by atoms with Crippen LogP contribution in [0.25, 0.3) is 0 Å². The van der Waals surface area contributed by atoms with Gasteiger partial charge in [0.15, 0.2) is 11.6 Å². The quantitative estimate of drug-likeness (QED) is 0.927. The van der Waals surface area contributed by atoms with Gasteiger partial charge in [-0.2, -0.15) is 0 Å². The smallest absolute Gasteiger partial charge is 0.164 e. The molecular weight excluding hydrogens is 272 g/mol. The van der Waals surface area contributed by atoms with E-state index >= 15 is 0 Å². The van der Waals surface area contributed by atoms with Crippen molar-refractivity contribution in [2.24, 2.45) is 0 Å². The van der Waals surface area contributed by atoms with Gasteiger partial charge in [-0.1, -0.05) is 18.2 Å². The predicted molar refractivity (Wildman–Crippen MR) is 80.5 cm³/mol. The van der Waals surface area contributed by atoms with Crippen LogP contribution in [0, 0.1) is 25.5 Å². The summed E-state index contributed by atoms with van der Waals surface area (Å²) in [4.78, 5) is 1.83. The topological polar surface area (TPSA) is 23.5 Å². The number of hydrogen-bond acceptors (Lipinski definition) is 2. The van der Waals surface area contributed by atoms with Crippen molar-refractivity contribution in [1.29, 1.82) is 0 Å². The molecule has 0 saturated heterocycles. The highest BCUT2D eigenvalue weighted by atomic mass is 19.2. The first-order valence-corrected chi connectivity index (χ1v) is 6.80. The zero-order valence-corrected chi connectivity index (χ0v) is 12.4. The Labute approximate surface area is 123 Å². The van der Waals surface area contributed by atoms with Gasteiger partial charge in [-0.25, -0.2) is 8.78 Å². The molecule has 0 aliphatic carbocycles. The third-order valence-corrected chi connectivity index (χ3v) is 3.43. The minimum atomic E-state index is -1.09. The number of halogens is 2. The van der Waals surface area contributed by atoms with Crippen LogP contribution in [0.3, 0.4) is 0 Å². The lowest BCUT2D eigenvalue weighted by atomic mass is 10.1. The van der Waals surface area contributed by atoms with E-state index in [9.17, 15) is 13.9 Å². The third kappa shape index (κ3) is 3.58. The van der Waals surface area contributed by atoms with Crippen molar-refractivity contribution in [2.75, 3.05) is 18.5 Å². The van der Waals surface area contributed by atoms with Crippen LogP contribution in [-0.4, -0.2) is 18.7 Å². The standard InChI is InChI=1S/C17H19F2NO/c1-11-7-12(2)9-13(8-11)20(3)10-16(21)14-5-4-6-15(18)17(14)19/h4-9,16,21H,10H2,1-3H3. The van der Waals surface area contributed by atoms with Crippen LogP contribution < -0.4 is 4.90 Å². The Morgan fingerprint density at radius 2 is 1.71 bits per heavy atom. The van der Waals surface area contributed by atoms with Crippen molar-refractivity contribution in [3.05, 3.63) is 64.7 Å². The molecule has 0 aliphatic heterocycles. The molecule has 2 aromatic rings. The van der Waals surface area contributed by atoms with Crippen molar-refractivity contribution in [3.8, 4) is 0 Å². The Balaban J connectivity index is 2.18. The van der Waals surface area contributed by atoms with Gasteiger partial charge in [-0.05, 0) is 43.2 Å². The van der Waals surface area contributed by atoms with Crippen LogP contribution in [0.5, 0.6) is 0 Å². The summed E-state index contributed by atoms with van der Waals surface area (Å²) in [6.07, 6.45) is -1.09. The van der Waals surface area contributed by atoms with Gasteiger partial charge in [0.25, 0.3) is 0 Å². The molecule has 2 rings (SSSR count). The molecule has 0 aliphatic rings. The maximum Gasteiger partial charge on any atom is 0.164 e. The molecule has 112 valence electrons. The maximum absolute atomic E-state index is 13.7. The number of aryl methyl sites for hydroxylation is 2. The van der Waals surface area contributed by atoms with E-state index in [0.717, 1.165) is 22.9 Å². The lowest BCUT2D eigenvalue weighted by Gasteiger charge is -2.24. The van der Waals surface area contributed by atoms with Crippen molar-refractivity contribution >= 4 is 5.69 Å². The highest BCUT2D eigenvalue weighted by Crippen LogP contribution is 2.23. The fourth-order valence-corrected chi connectivity index (χ4v) is 2.41. The normalized spacial score (nSPS) is 12.3. The summed E-state index contributed by atoms with van der Waals surface area (Å²) >= 11 is 0. The van der Waals surface area contributed by atoms with E-state index in [1.807, 2.05) is 37.9 Å². The lowest BCUT2D eigenvalue weighted by Crippen LogP contribution is -2.25. The van der Waals surface area contributed by atoms with Gasteiger partial charge >= 0.3 is 0 Å². The van der Waals surface area contributed by atoms with Gasteiger partial charge in [0.05, 0.1) is 6.10 Å². The Kier molecular flexibility index (Phi) is 4.58. The Bertz CT molecular complexity index is 622. The van der Waals surface area contributed by atoms with E-state index in [0.29, 0.717) is 0 Å². The highest BCUT2D eigenvalue weighted by molar-refractivity contribution is 5.50. The Hall–Kier alpha value is -1.94. The Morgan fingerprint density at radius 3 is 2.33 bits per heavy atom. The number of nitrogens with zero attached hydrogens (tertiary/aromatic N) is 1. The summed E-state index contributed by atoms with van der Waals surface area (Å²) in [5.41, 5.74) is 3.14. The van der Waals surface area contributed by atoms with E-state index in [2.05, 4.69) is 6.07 Å². The first-order chi connectivity index (χ1) is 9.88.